The zero-order chi connectivity index (χ0) is 12.4. The van der Waals surface area contributed by atoms with Gasteiger partial charge in [0.15, 0.2) is 0 Å². The highest BCUT2D eigenvalue weighted by atomic mass is 79.9. The Morgan fingerprint density at radius 3 is 2.71 bits per heavy atom. The molecule has 1 aromatic heterocycles. The van der Waals surface area contributed by atoms with Gasteiger partial charge in [-0.05, 0) is 54.6 Å². The average Bonchev–Trinajstić information content (AvgIpc) is 2.43. The average molecular weight is 300 g/mol. The third-order valence-electron chi connectivity index (χ3n) is 3.66. The van der Waals surface area contributed by atoms with E-state index in [0.29, 0.717) is 5.92 Å². The molecule has 1 unspecified atom stereocenters. The monoisotopic (exact) mass is 299 g/mol. The van der Waals surface area contributed by atoms with Crippen molar-refractivity contribution in [3.63, 3.8) is 0 Å². The molecule has 1 atom stereocenters. The van der Waals surface area contributed by atoms with Gasteiger partial charge in [0.2, 0.25) is 0 Å². The lowest BCUT2D eigenvalue weighted by Crippen LogP contribution is -2.38. The standard InChI is InChI=1S/C13H22BrN3/c1-9(8-15-11-5-4-6-11)7-12-13(14)10(2)16-17(12)3/h9,11,15H,4-8H2,1-3H3. The molecule has 1 heterocycles. The van der Waals surface area contributed by atoms with Crippen LogP contribution in [0.5, 0.6) is 0 Å². The molecule has 4 heteroatoms. The first-order chi connectivity index (χ1) is 8.08. The number of nitrogens with zero attached hydrogens (tertiary/aromatic N) is 2. The molecule has 0 saturated heterocycles. The minimum Gasteiger partial charge on any atom is -0.314 e. The molecule has 2 rings (SSSR count). The van der Waals surface area contributed by atoms with Gasteiger partial charge in [0.25, 0.3) is 0 Å². The van der Waals surface area contributed by atoms with E-state index < -0.39 is 0 Å². The van der Waals surface area contributed by atoms with Gasteiger partial charge in [-0.25, -0.2) is 0 Å². The van der Waals surface area contributed by atoms with E-state index in [9.17, 15) is 0 Å². The number of halogens is 1. The molecule has 0 aliphatic heterocycles. The molecule has 1 N–H and O–H groups in total. The number of nitrogens with one attached hydrogen (secondary N) is 1. The quantitative estimate of drug-likeness (QED) is 0.906. The Morgan fingerprint density at radius 1 is 1.53 bits per heavy atom. The normalized spacial score (nSPS) is 18.1. The van der Waals surface area contributed by atoms with Gasteiger partial charge in [0.05, 0.1) is 15.9 Å². The number of hydrogen-bond acceptors (Lipinski definition) is 2. The van der Waals surface area contributed by atoms with Gasteiger partial charge in [0.1, 0.15) is 0 Å². The highest BCUT2D eigenvalue weighted by Crippen LogP contribution is 2.23. The summed E-state index contributed by atoms with van der Waals surface area (Å²) in [7, 11) is 2.03. The van der Waals surface area contributed by atoms with Crippen molar-refractivity contribution in [2.24, 2.45) is 13.0 Å². The molecular weight excluding hydrogens is 278 g/mol. The third-order valence-corrected chi connectivity index (χ3v) is 4.70. The lowest BCUT2D eigenvalue weighted by atomic mass is 9.92. The molecular formula is C13H22BrN3. The van der Waals surface area contributed by atoms with Crippen LogP contribution in [-0.4, -0.2) is 22.4 Å². The fraction of sp³-hybridized carbons (Fsp3) is 0.769. The summed E-state index contributed by atoms with van der Waals surface area (Å²) in [6, 6.07) is 0.786. The molecule has 3 nitrogen and oxygen atoms in total. The number of aryl methyl sites for hydroxylation is 2. The highest BCUT2D eigenvalue weighted by molar-refractivity contribution is 9.10. The first-order valence-electron chi connectivity index (χ1n) is 6.49. The van der Waals surface area contributed by atoms with E-state index in [1.54, 1.807) is 0 Å². The molecule has 0 bridgehead atoms. The van der Waals surface area contributed by atoms with E-state index >= 15 is 0 Å². The SMILES string of the molecule is Cc1nn(C)c(CC(C)CNC2CCC2)c1Br. The van der Waals surface area contributed by atoms with Gasteiger partial charge in [-0.3, -0.25) is 4.68 Å². The van der Waals surface area contributed by atoms with Gasteiger partial charge < -0.3 is 5.32 Å². The maximum atomic E-state index is 4.44. The summed E-state index contributed by atoms with van der Waals surface area (Å²) in [4.78, 5) is 0. The Kier molecular flexibility index (Phi) is 4.26. The fourth-order valence-electron chi connectivity index (χ4n) is 2.28. The lowest BCUT2D eigenvalue weighted by Gasteiger charge is -2.28. The summed E-state index contributed by atoms with van der Waals surface area (Å²) in [5, 5.41) is 8.08. The van der Waals surface area contributed by atoms with Crippen molar-refractivity contribution < 1.29 is 0 Å². The van der Waals surface area contributed by atoms with E-state index in [4.69, 9.17) is 0 Å². The second-order valence-corrected chi connectivity index (χ2v) is 6.11. The van der Waals surface area contributed by atoms with E-state index in [1.807, 2.05) is 18.7 Å². The van der Waals surface area contributed by atoms with Crippen LogP contribution in [0.15, 0.2) is 4.47 Å². The fourth-order valence-corrected chi connectivity index (χ4v) is 2.78. The molecule has 1 fully saturated rings. The number of aromatic nitrogens is 2. The topological polar surface area (TPSA) is 29.9 Å². The third kappa shape index (κ3) is 3.10. The number of hydrogen-bond donors (Lipinski definition) is 1. The first-order valence-corrected chi connectivity index (χ1v) is 7.28. The summed E-state index contributed by atoms with van der Waals surface area (Å²) >= 11 is 3.63. The van der Waals surface area contributed by atoms with Crippen molar-refractivity contribution in [2.75, 3.05) is 6.54 Å². The van der Waals surface area contributed by atoms with Crippen LogP contribution in [-0.2, 0) is 13.5 Å². The zero-order valence-electron chi connectivity index (χ0n) is 11.0. The second-order valence-electron chi connectivity index (χ2n) is 5.32. The Morgan fingerprint density at radius 2 is 2.24 bits per heavy atom. The molecule has 1 aromatic rings. The molecule has 1 aliphatic carbocycles. The summed E-state index contributed by atoms with van der Waals surface area (Å²) < 4.78 is 3.18. The molecule has 1 aliphatic rings. The van der Waals surface area contributed by atoms with Crippen LogP contribution in [0.4, 0.5) is 0 Å². The predicted octanol–water partition coefficient (Wildman–Crippen LogP) is 2.81. The Hall–Kier alpha value is -0.350. The zero-order valence-corrected chi connectivity index (χ0v) is 12.5. The minimum absolute atomic E-state index is 0.654. The molecule has 0 radical (unpaired) electrons. The first kappa shape index (κ1) is 13.1. The highest BCUT2D eigenvalue weighted by Gasteiger charge is 2.18. The van der Waals surface area contributed by atoms with Crippen LogP contribution in [0.2, 0.25) is 0 Å². The van der Waals surface area contributed by atoms with Gasteiger partial charge >= 0.3 is 0 Å². The smallest absolute Gasteiger partial charge is 0.0738 e. The lowest BCUT2D eigenvalue weighted by molar-refractivity contribution is 0.319. The Labute approximate surface area is 112 Å². The van der Waals surface area contributed by atoms with Crippen LogP contribution in [0.3, 0.4) is 0 Å². The summed E-state index contributed by atoms with van der Waals surface area (Å²) in [6.07, 6.45) is 5.21. The molecule has 0 spiro atoms. The van der Waals surface area contributed by atoms with Crippen molar-refractivity contribution in [2.45, 2.75) is 45.6 Å². The Balaban J connectivity index is 1.86. The second kappa shape index (κ2) is 5.53. The summed E-state index contributed by atoms with van der Waals surface area (Å²) in [5.41, 5.74) is 2.40. The molecule has 0 amide bonds. The van der Waals surface area contributed by atoms with Gasteiger partial charge in [-0.1, -0.05) is 13.3 Å². The van der Waals surface area contributed by atoms with Crippen molar-refractivity contribution in [1.82, 2.24) is 15.1 Å². The van der Waals surface area contributed by atoms with Crippen LogP contribution in [0.25, 0.3) is 0 Å². The number of rotatable bonds is 5. The van der Waals surface area contributed by atoms with Crippen LogP contribution in [0.1, 0.15) is 37.6 Å². The maximum Gasteiger partial charge on any atom is 0.0738 e. The summed E-state index contributed by atoms with van der Waals surface area (Å²) in [5.74, 6) is 0.654. The molecule has 1 saturated carbocycles. The maximum absolute atomic E-state index is 4.44. The molecule has 17 heavy (non-hydrogen) atoms. The van der Waals surface area contributed by atoms with E-state index in [1.165, 1.54) is 29.4 Å². The van der Waals surface area contributed by atoms with Gasteiger partial charge in [-0.2, -0.15) is 5.10 Å². The van der Waals surface area contributed by atoms with Gasteiger partial charge in [0, 0.05) is 13.1 Å². The Bertz CT molecular complexity index is 382. The van der Waals surface area contributed by atoms with E-state index in [0.717, 1.165) is 24.7 Å². The van der Waals surface area contributed by atoms with Crippen molar-refractivity contribution in [3.8, 4) is 0 Å². The van der Waals surface area contributed by atoms with Crippen LogP contribution < -0.4 is 5.32 Å². The van der Waals surface area contributed by atoms with E-state index in [2.05, 4.69) is 33.3 Å². The van der Waals surface area contributed by atoms with Gasteiger partial charge in [-0.15, -0.1) is 0 Å². The molecule has 96 valence electrons. The molecule has 0 aromatic carbocycles. The minimum atomic E-state index is 0.654. The van der Waals surface area contributed by atoms with Crippen LogP contribution >= 0.6 is 15.9 Å². The van der Waals surface area contributed by atoms with Crippen molar-refractivity contribution >= 4 is 15.9 Å². The summed E-state index contributed by atoms with van der Waals surface area (Å²) in [6.45, 7) is 5.46. The largest absolute Gasteiger partial charge is 0.314 e. The van der Waals surface area contributed by atoms with E-state index in [-0.39, 0.29) is 0 Å². The predicted molar refractivity (Wildman–Crippen MR) is 74.2 cm³/mol. The van der Waals surface area contributed by atoms with Crippen LogP contribution in [0, 0.1) is 12.8 Å². The van der Waals surface area contributed by atoms with Crippen molar-refractivity contribution in [1.29, 1.82) is 0 Å². The van der Waals surface area contributed by atoms with Crippen molar-refractivity contribution in [3.05, 3.63) is 15.9 Å².